The van der Waals surface area contributed by atoms with Crippen molar-refractivity contribution >= 4 is 17.5 Å². The summed E-state index contributed by atoms with van der Waals surface area (Å²) in [5, 5.41) is 9.22. The van der Waals surface area contributed by atoms with Crippen LogP contribution in [0.15, 0.2) is 36.9 Å². The van der Waals surface area contributed by atoms with Crippen LogP contribution in [-0.2, 0) is 16.1 Å². The molecule has 8 heteroatoms. The molecule has 0 radical (unpaired) electrons. The molecular weight excluding hydrogens is 308 g/mol. The maximum Gasteiger partial charge on any atom is 0.313 e. The van der Waals surface area contributed by atoms with Crippen LogP contribution in [0.25, 0.3) is 0 Å². The molecule has 24 heavy (non-hydrogen) atoms. The molecule has 0 aliphatic heterocycles. The Hall–Kier alpha value is -2.74. The average Bonchev–Trinajstić information content (AvgIpc) is 3.06. The Bertz CT molecular complexity index is 652. The van der Waals surface area contributed by atoms with E-state index in [-0.39, 0.29) is 0 Å². The SMILES string of the molecule is CN(C)CCCNC(=O)C(=O)Nc1ccc(Cn2cncn2)cc1. The van der Waals surface area contributed by atoms with E-state index in [0.29, 0.717) is 18.8 Å². The van der Waals surface area contributed by atoms with E-state index < -0.39 is 11.8 Å². The van der Waals surface area contributed by atoms with E-state index in [0.717, 1.165) is 18.5 Å². The van der Waals surface area contributed by atoms with E-state index in [2.05, 4.69) is 20.7 Å². The summed E-state index contributed by atoms with van der Waals surface area (Å²) in [7, 11) is 3.92. The second-order valence-electron chi connectivity index (χ2n) is 5.66. The van der Waals surface area contributed by atoms with Gasteiger partial charge in [0, 0.05) is 12.2 Å². The van der Waals surface area contributed by atoms with Gasteiger partial charge in [-0.25, -0.2) is 9.67 Å². The fourth-order valence-electron chi connectivity index (χ4n) is 2.06. The summed E-state index contributed by atoms with van der Waals surface area (Å²) >= 11 is 0. The van der Waals surface area contributed by atoms with Crippen molar-refractivity contribution in [3.05, 3.63) is 42.5 Å². The molecule has 0 unspecified atom stereocenters. The van der Waals surface area contributed by atoms with Gasteiger partial charge in [-0.15, -0.1) is 0 Å². The third-order valence-electron chi connectivity index (χ3n) is 3.30. The Kier molecular flexibility index (Phi) is 6.44. The summed E-state index contributed by atoms with van der Waals surface area (Å²) < 4.78 is 1.70. The molecule has 2 rings (SSSR count). The minimum atomic E-state index is -0.663. The van der Waals surface area contributed by atoms with Gasteiger partial charge >= 0.3 is 11.8 Å². The maximum atomic E-state index is 11.8. The monoisotopic (exact) mass is 330 g/mol. The number of aromatic nitrogens is 3. The summed E-state index contributed by atoms with van der Waals surface area (Å²) in [4.78, 5) is 29.4. The van der Waals surface area contributed by atoms with Gasteiger partial charge in [0.2, 0.25) is 0 Å². The van der Waals surface area contributed by atoms with Crippen molar-refractivity contribution in [2.24, 2.45) is 0 Å². The number of nitrogens with one attached hydrogen (secondary N) is 2. The largest absolute Gasteiger partial charge is 0.348 e. The van der Waals surface area contributed by atoms with Crippen LogP contribution in [0, 0.1) is 0 Å². The smallest absolute Gasteiger partial charge is 0.313 e. The van der Waals surface area contributed by atoms with Gasteiger partial charge in [0.1, 0.15) is 12.7 Å². The number of rotatable bonds is 7. The number of nitrogens with zero attached hydrogens (tertiary/aromatic N) is 4. The van der Waals surface area contributed by atoms with Gasteiger partial charge in [0.25, 0.3) is 0 Å². The lowest BCUT2D eigenvalue weighted by molar-refractivity contribution is -0.136. The van der Waals surface area contributed by atoms with E-state index in [1.54, 1.807) is 23.1 Å². The summed E-state index contributed by atoms with van der Waals surface area (Å²) in [5.74, 6) is -1.29. The zero-order valence-corrected chi connectivity index (χ0v) is 13.9. The fourth-order valence-corrected chi connectivity index (χ4v) is 2.06. The molecule has 1 heterocycles. The Morgan fingerprint density at radius 3 is 2.54 bits per heavy atom. The van der Waals surface area contributed by atoms with Gasteiger partial charge in [-0.05, 0) is 44.8 Å². The molecule has 0 atom stereocenters. The van der Waals surface area contributed by atoms with Crippen LogP contribution in [0.5, 0.6) is 0 Å². The second kappa shape index (κ2) is 8.78. The van der Waals surface area contributed by atoms with Crippen LogP contribution in [0.1, 0.15) is 12.0 Å². The van der Waals surface area contributed by atoms with Crippen molar-refractivity contribution in [3.63, 3.8) is 0 Å². The Balaban J connectivity index is 1.77. The van der Waals surface area contributed by atoms with Gasteiger partial charge in [-0.3, -0.25) is 9.59 Å². The quantitative estimate of drug-likeness (QED) is 0.564. The molecule has 2 aromatic rings. The maximum absolute atomic E-state index is 11.8. The second-order valence-corrected chi connectivity index (χ2v) is 5.66. The summed E-state index contributed by atoms with van der Waals surface area (Å²) in [6.45, 7) is 1.93. The van der Waals surface area contributed by atoms with Crippen molar-refractivity contribution in [2.45, 2.75) is 13.0 Å². The minimum Gasteiger partial charge on any atom is -0.348 e. The Morgan fingerprint density at radius 1 is 1.17 bits per heavy atom. The van der Waals surface area contributed by atoms with Gasteiger partial charge in [0.15, 0.2) is 0 Å². The summed E-state index contributed by atoms with van der Waals surface area (Å²) in [5.41, 5.74) is 1.59. The lowest BCUT2D eigenvalue weighted by Gasteiger charge is -2.10. The highest BCUT2D eigenvalue weighted by atomic mass is 16.2. The third-order valence-corrected chi connectivity index (χ3v) is 3.30. The molecule has 1 aromatic carbocycles. The topological polar surface area (TPSA) is 92.2 Å². The number of hydrogen-bond acceptors (Lipinski definition) is 5. The van der Waals surface area contributed by atoms with E-state index in [1.807, 2.05) is 31.1 Å². The van der Waals surface area contributed by atoms with E-state index in [9.17, 15) is 9.59 Å². The van der Waals surface area contributed by atoms with E-state index >= 15 is 0 Å². The van der Waals surface area contributed by atoms with Crippen LogP contribution in [-0.4, -0.2) is 58.7 Å². The van der Waals surface area contributed by atoms with E-state index in [4.69, 9.17) is 0 Å². The van der Waals surface area contributed by atoms with Crippen LogP contribution >= 0.6 is 0 Å². The molecule has 0 saturated carbocycles. The van der Waals surface area contributed by atoms with Gasteiger partial charge in [-0.1, -0.05) is 12.1 Å². The highest BCUT2D eigenvalue weighted by Crippen LogP contribution is 2.10. The third kappa shape index (κ3) is 5.81. The number of hydrogen-bond donors (Lipinski definition) is 2. The first-order valence-electron chi connectivity index (χ1n) is 7.70. The van der Waals surface area contributed by atoms with Gasteiger partial charge in [-0.2, -0.15) is 5.10 Å². The van der Waals surface area contributed by atoms with Crippen molar-refractivity contribution in [3.8, 4) is 0 Å². The van der Waals surface area contributed by atoms with Gasteiger partial charge in [0.05, 0.1) is 6.54 Å². The standard InChI is InChI=1S/C16H22N6O2/c1-21(2)9-3-8-18-15(23)16(24)20-14-6-4-13(5-7-14)10-22-12-17-11-19-22/h4-7,11-12H,3,8-10H2,1-2H3,(H,18,23)(H,20,24). The zero-order chi connectivity index (χ0) is 17.4. The minimum absolute atomic E-state index is 0.473. The molecule has 0 spiro atoms. The number of anilines is 1. The number of carbonyl (C=O) groups excluding carboxylic acids is 2. The molecule has 0 bridgehead atoms. The molecule has 0 saturated heterocycles. The van der Waals surface area contributed by atoms with Crippen molar-refractivity contribution in [1.29, 1.82) is 0 Å². The highest BCUT2D eigenvalue weighted by molar-refractivity contribution is 6.39. The first-order valence-corrected chi connectivity index (χ1v) is 7.70. The number of carbonyl (C=O) groups is 2. The summed E-state index contributed by atoms with van der Waals surface area (Å²) in [6, 6.07) is 7.24. The molecule has 0 aliphatic rings. The predicted octanol–water partition coefficient (Wildman–Crippen LogP) is 0.333. The normalized spacial score (nSPS) is 10.6. The predicted molar refractivity (Wildman–Crippen MR) is 90.4 cm³/mol. The number of amides is 2. The van der Waals surface area contributed by atoms with Crippen molar-refractivity contribution < 1.29 is 9.59 Å². The Labute approximate surface area is 140 Å². The van der Waals surface area contributed by atoms with Crippen LogP contribution in [0.4, 0.5) is 5.69 Å². The lowest BCUT2D eigenvalue weighted by Crippen LogP contribution is -2.36. The van der Waals surface area contributed by atoms with E-state index in [1.165, 1.54) is 6.33 Å². The molecular formula is C16H22N6O2. The summed E-state index contributed by atoms with van der Waals surface area (Å²) in [6.07, 6.45) is 3.91. The first-order chi connectivity index (χ1) is 11.5. The average molecular weight is 330 g/mol. The van der Waals surface area contributed by atoms with Crippen LogP contribution < -0.4 is 10.6 Å². The number of benzene rings is 1. The molecule has 0 aliphatic carbocycles. The van der Waals surface area contributed by atoms with Crippen LogP contribution in [0.3, 0.4) is 0 Å². The lowest BCUT2D eigenvalue weighted by atomic mass is 10.2. The fraction of sp³-hybridized carbons (Fsp3) is 0.375. The highest BCUT2D eigenvalue weighted by Gasteiger charge is 2.12. The molecule has 2 N–H and O–H groups in total. The first kappa shape index (κ1) is 17.6. The molecule has 128 valence electrons. The van der Waals surface area contributed by atoms with Crippen LogP contribution in [0.2, 0.25) is 0 Å². The molecule has 2 amide bonds. The molecule has 0 fully saturated rings. The zero-order valence-electron chi connectivity index (χ0n) is 13.9. The van der Waals surface area contributed by atoms with Gasteiger partial charge < -0.3 is 15.5 Å². The molecule has 1 aromatic heterocycles. The van der Waals surface area contributed by atoms with Crippen molar-refractivity contribution in [2.75, 3.05) is 32.5 Å². The Morgan fingerprint density at radius 2 is 1.92 bits per heavy atom. The molecule has 8 nitrogen and oxygen atoms in total. The van der Waals surface area contributed by atoms with Crippen molar-refractivity contribution in [1.82, 2.24) is 25.0 Å².